The molecule has 4 heteroatoms. The molecule has 3 nitrogen and oxygen atoms in total. The molecule has 1 heterocycles. The van der Waals surface area contributed by atoms with Gasteiger partial charge in [0.15, 0.2) is 5.17 Å². The minimum Gasteiger partial charge on any atom is -0.304 e. The number of nitrogens with zero attached hydrogens (tertiary/aromatic N) is 1. The van der Waals surface area contributed by atoms with E-state index < -0.39 is 0 Å². The van der Waals surface area contributed by atoms with Gasteiger partial charge < -0.3 is 5.32 Å². The van der Waals surface area contributed by atoms with E-state index in [0.29, 0.717) is 18.4 Å². The van der Waals surface area contributed by atoms with E-state index in [-0.39, 0.29) is 11.2 Å². The van der Waals surface area contributed by atoms with Crippen molar-refractivity contribution in [3.05, 3.63) is 35.9 Å². The monoisotopic (exact) mass is 276 g/mol. The zero-order valence-electron chi connectivity index (χ0n) is 11.6. The zero-order valence-corrected chi connectivity index (χ0v) is 12.4. The van der Waals surface area contributed by atoms with Crippen molar-refractivity contribution < 1.29 is 4.79 Å². The molecule has 1 aromatic carbocycles. The molecule has 0 aromatic heterocycles. The maximum atomic E-state index is 11.7. The molecule has 1 aliphatic heterocycles. The smallest absolute Gasteiger partial charge is 0.239 e. The van der Waals surface area contributed by atoms with Crippen molar-refractivity contribution in [2.45, 2.75) is 31.9 Å². The van der Waals surface area contributed by atoms with Gasteiger partial charge in [-0.05, 0) is 11.5 Å². The molecule has 1 N–H and O–H groups in total. The van der Waals surface area contributed by atoms with Gasteiger partial charge in [-0.2, -0.15) is 0 Å². The van der Waals surface area contributed by atoms with E-state index in [1.165, 1.54) is 5.56 Å². The van der Waals surface area contributed by atoms with Crippen LogP contribution >= 0.6 is 11.8 Å². The molecule has 19 heavy (non-hydrogen) atoms. The van der Waals surface area contributed by atoms with Gasteiger partial charge in [0.1, 0.15) is 0 Å². The van der Waals surface area contributed by atoms with E-state index in [4.69, 9.17) is 0 Å². The number of hydrogen-bond donors (Lipinski definition) is 1. The Bertz CT molecular complexity index is 470. The summed E-state index contributed by atoms with van der Waals surface area (Å²) in [5.41, 5.74) is 1.28. The van der Waals surface area contributed by atoms with Crippen molar-refractivity contribution in [2.24, 2.45) is 10.9 Å². The summed E-state index contributed by atoms with van der Waals surface area (Å²) in [4.78, 5) is 16.3. The highest BCUT2D eigenvalue weighted by Crippen LogP contribution is 2.26. The maximum absolute atomic E-state index is 11.7. The number of hydrogen-bond acceptors (Lipinski definition) is 3. The molecule has 2 atom stereocenters. The molecule has 102 valence electrons. The Morgan fingerprint density at radius 1 is 1.26 bits per heavy atom. The van der Waals surface area contributed by atoms with Crippen LogP contribution in [-0.2, 0) is 4.79 Å². The number of benzene rings is 1. The van der Waals surface area contributed by atoms with Gasteiger partial charge in [-0.15, -0.1) is 0 Å². The predicted octanol–water partition coefficient (Wildman–Crippen LogP) is 3.03. The molecule has 1 fully saturated rings. The van der Waals surface area contributed by atoms with Gasteiger partial charge in [0.2, 0.25) is 5.91 Å². The van der Waals surface area contributed by atoms with E-state index in [9.17, 15) is 4.79 Å². The highest BCUT2D eigenvalue weighted by Gasteiger charge is 2.32. The highest BCUT2D eigenvalue weighted by molar-refractivity contribution is 8.15. The number of nitrogens with one attached hydrogen (secondary N) is 1. The Morgan fingerprint density at radius 2 is 1.95 bits per heavy atom. The molecule has 0 spiro atoms. The standard InChI is InChI=1S/C15H20N2OS/c1-10(2)13-14(18)17-15(19-13)16-9-11(3)12-7-5-4-6-8-12/h4-8,10-11,13H,9H2,1-3H3,(H,16,17,18)/t11-,13-/m1/s1. The third-order valence-corrected chi connectivity index (χ3v) is 4.68. The third-order valence-electron chi connectivity index (χ3n) is 3.21. The molecule has 1 aromatic rings. The van der Waals surface area contributed by atoms with Gasteiger partial charge >= 0.3 is 0 Å². The van der Waals surface area contributed by atoms with Crippen LogP contribution in [0.4, 0.5) is 0 Å². The third kappa shape index (κ3) is 3.60. The van der Waals surface area contributed by atoms with Crippen LogP contribution in [0.1, 0.15) is 32.3 Å². The van der Waals surface area contributed by atoms with Crippen molar-refractivity contribution in [1.29, 1.82) is 0 Å². The summed E-state index contributed by atoms with van der Waals surface area (Å²) >= 11 is 1.55. The Labute approximate surface area is 118 Å². The quantitative estimate of drug-likeness (QED) is 0.918. The van der Waals surface area contributed by atoms with Crippen LogP contribution in [-0.4, -0.2) is 22.9 Å². The lowest BCUT2D eigenvalue weighted by Crippen LogP contribution is -2.27. The van der Waals surface area contributed by atoms with Crippen LogP contribution in [0.5, 0.6) is 0 Å². The van der Waals surface area contributed by atoms with Crippen LogP contribution in [0.3, 0.4) is 0 Å². The van der Waals surface area contributed by atoms with Crippen molar-refractivity contribution in [2.75, 3.05) is 6.54 Å². The topological polar surface area (TPSA) is 41.5 Å². The summed E-state index contributed by atoms with van der Waals surface area (Å²) < 4.78 is 0. The first-order valence-electron chi connectivity index (χ1n) is 6.65. The highest BCUT2D eigenvalue weighted by atomic mass is 32.2. The van der Waals surface area contributed by atoms with Gasteiger partial charge in [0.05, 0.1) is 5.25 Å². The van der Waals surface area contributed by atoms with E-state index in [2.05, 4.69) is 43.2 Å². The Hall–Kier alpha value is -1.29. The van der Waals surface area contributed by atoms with Gasteiger partial charge in [0.25, 0.3) is 0 Å². The van der Waals surface area contributed by atoms with Crippen molar-refractivity contribution >= 4 is 22.8 Å². The average molecular weight is 276 g/mol. The van der Waals surface area contributed by atoms with Crippen LogP contribution in [0.2, 0.25) is 0 Å². The molecular formula is C15H20N2OS. The number of amides is 1. The number of thioether (sulfide) groups is 1. The minimum absolute atomic E-state index is 0.00535. The molecule has 0 aliphatic carbocycles. The summed E-state index contributed by atoms with van der Waals surface area (Å²) in [6.45, 7) is 6.98. The number of amidine groups is 1. The first kappa shape index (κ1) is 14.1. The average Bonchev–Trinajstić information content (AvgIpc) is 2.78. The number of carbonyl (C=O) groups is 1. The summed E-state index contributed by atoms with van der Waals surface area (Å²) in [5, 5.41) is 3.64. The molecule has 1 saturated heterocycles. The normalized spacial score (nSPS) is 22.8. The molecule has 0 bridgehead atoms. The number of rotatable bonds is 4. The number of aliphatic imine (C=N–C) groups is 1. The van der Waals surface area contributed by atoms with Gasteiger partial charge in [-0.1, -0.05) is 62.9 Å². The van der Waals surface area contributed by atoms with E-state index in [1.54, 1.807) is 11.8 Å². The van der Waals surface area contributed by atoms with E-state index in [0.717, 1.165) is 5.17 Å². The molecule has 0 saturated carbocycles. The second kappa shape index (κ2) is 6.24. The molecule has 0 unspecified atom stereocenters. The second-order valence-corrected chi connectivity index (χ2v) is 6.36. The lowest BCUT2D eigenvalue weighted by atomic mass is 10.0. The maximum Gasteiger partial charge on any atom is 0.239 e. The van der Waals surface area contributed by atoms with Crippen molar-refractivity contribution in [1.82, 2.24) is 5.32 Å². The van der Waals surface area contributed by atoms with Crippen LogP contribution in [0.25, 0.3) is 0 Å². The predicted molar refractivity (Wildman–Crippen MR) is 81.5 cm³/mol. The fourth-order valence-electron chi connectivity index (χ4n) is 2.00. The number of carbonyl (C=O) groups excluding carboxylic acids is 1. The Morgan fingerprint density at radius 3 is 2.53 bits per heavy atom. The van der Waals surface area contributed by atoms with Gasteiger partial charge in [-0.25, -0.2) is 0 Å². The summed E-state index contributed by atoms with van der Waals surface area (Å²) in [5.74, 6) is 0.791. The lowest BCUT2D eigenvalue weighted by molar-refractivity contribution is -0.119. The minimum atomic E-state index is 0.00535. The first-order valence-corrected chi connectivity index (χ1v) is 7.53. The second-order valence-electron chi connectivity index (χ2n) is 5.23. The van der Waals surface area contributed by atoms with Crippen LogP contribution in [0, 0.1) is 5.92 Å². The summed E-state index contributed by atoms with van der Waals surface area (Å²) in [7, 11) is 0. The SMILES string of the molecule is CC(C)[C@H]1SC(=NC[C@@H](C)c2ccccc2)NC1=O. The van der Waals surface area contributed by atoms with Gasteiger partial charge in [-0.3, -0.25) is 9.79 Å². The Kier molecular flexibility index (Phi) is 4.64. The van der Waals surface area contributed by atoms with Crippen molar-refractivity contribution in [3.63, 3.8) is 0 Å². The van der Waals surface area contributed by atoms with E-state index >= 15 is 0 Å². The van der Waals surface area contributed by atoms with Crippen LogP contribution < -0.4 is 5.32 Å². The van der Waals surface area contributed by atoms with Crippen LogP contribution in [0.15, 0.2) is 35.3 Å². The molecule has 1 amide bonds. The lowest BCUT2D eigenvalue weighted by Gasteiger charge is -2.09. The fourth-order valence-corrected chi connectivity index (χ4v) is 2.99. The Balaban J connectivity index is 1.95. The molecular weight excluding hydrogens is 256 g/mol. The van der Waals surface area contributed by atoms with Gasteiger partial charge in [0, 0.05) is 12.5 Å². The molecule has 2 rings (SSSR count). The van der Waals surface area contributed by atoms with E-state index in [1.807, 2.05) is 18.2 Å². The summed E-state index contributed by atoms with van der Waals surface area (Å²) in [6.07, 6.45) is 0. The summed E-state index contributed by atoms with van der Waals surface area (Å²) in [6, 6.07) is 10.3. The van der Waals surface area contributed by atoms with Crippen molar-refractivity contribution in [3.8, 4) is 0 Å². The molecule has 0 radical (unpaired) electrons. The largest absolute Gasteiger partial charge is 0.304 e. The molecule has 1 aliphatic rings. The fraction of sp³-hybridized carbons (Fsp3) is 0.467. The first-order chi connectivity index (χ1) is 9.08. The zero-order chi connectivity index (χ0) is 13.8.